The number of aryl methyl sites for hydroxylation is 1. The highest BCUT2D eigenvalue weighted by Crippen LogP contribution is 2.28. The molecule has 1 aliphatic rings. The van der Waals surface area contributed by atoms with Crippen molar-refractivity contribution in [2.24, 2.45) is 0 Å². The first-order chi connectivity index (χ1) is 14.7. The minimum absolute atomic E-state index is 0.0359. The van der Waals surface area contributed by atoms with Gasteiger partial charge in [0.1, 0.15) is 5.58 Å². The predicted octanol–water partition coefficient (Wildman–Crippen LogP) is 4.62. The number of carbonyl (C=O) groups excluding carboxylic acids is 1. The molecule has 0 bridgehead atoms. The van der Waals surface area contributed by atoms with Crippen molar-refractivity contribution in [1.82, 2.24) is 4.90 Å². The minimum atomic E-state index is -3.10. The molecule has 0 N–H and O–H groups in total. The first-order valence-corrected chi connectivity index (χ1v) is 12.6. The summed E-state index contributed by atoms with van der Waals surface area (Å²) in [7, 11) is -3.10. The minimum Gasteiger partial charge on any atom is -0.464 e. The van der Waals surface area contributed by atoms with E-state index >= 15 is 0 Å². The Morgan fingerprint density at radius 2 is 1.90 bits per heavy atom. The van der Waals surface area contributed by atoms with Crippen molar-refractivity contribution in [3.8, 4) is 0 Å². The van der Waals surface area contributed by atoms with Gasteiger partial charge in [0.25, 0.3) is 0 Å². The molecule has 2 aromatic carbocycles. The van der Waals surface area contributed by atoms with Crippen LogP contribution >= 0.6 is 0 Å². The summed E-state index contributed by atoms with van der Waals surface area (Å²) in [5.74, 6) is 0.487. The summed E-state index contributed by atoms with van der Waals surface area (Å²) in [5, 5.41) is 0.953. The molecule has 1 amide bonds. The van der Waals surface area contributed by atoms with Gasteiger partial charge in [0.2, 0.25) is 5.91 Å². The molecule has 1 saturated heterocycles. The third-order valence-corrected chi connectivity index (χ3v) is 7.88. The molecular weight excluding hydrogens is 410 g/mol. The Bertz CT molecular complexity index is 1190. The Morgan fingerprint density at radius 1 is 1.16 bits per heavy atom. The fourth-order valence-corrected chi connectivity index (χ4v) is 5.92. The summed E-state index contributed by atoms with van der Waals surface area (Å²) in [4.78, 5) is 15.2. The molecule has 1 atom stereocenters. The molecule has 6 heteroatoms. The van der Waals surface area contributed by atoms with Crippen LogP contribution in [0.5, 0.6) is 0 Å². The fraction of sp³-hybridized carbons (Fsp3) is 0.400. The number of hydrogen-bond donors (Lipinski definition) is 0. The molecule has 1 aromatic heterocycles. The third kappa shape index (κ3) is 4.85. The van der Waals surface area contributed by atoms with Crippen LogP contribution in [0.1, 0.15) is 48.4 Å². The summed E-state index contributed by atoms with van der Waals surface area (Å²) in [6.45, 7) is 6.70. The Labute approximate surface area is 184 Å². The van der Waals surface area contributed by atoms with Crippen LogP contribution in [0.15, 0.2) is 53.1 Å². The van der Waals surface area contributed by atoms with E-state index in [0.717, 1.165) is 27.7 Å². The van der Waals surface area contributed by atoms with E-state index in [1.807, 2.05) is 37.3 Å². The average molecular weight is 440 g/mol. The zero-order valence-corrected chi connectivity index (χ0v) is 19.1. The van der Waals surface area contributed by atoms with Gasteiger partial charge in [-0.15, -0.1) is 0 Å². The van der Waals surface area contributed by atoms with Crippen molar-refractivity contribution >= 4 is 26.7 Å². The zero-order chi connectivity index (χ0) is 22.2. The van der Waals surface area contributed by atoms with E-state index < -0.39 is 9.84 Å². The molecule has 31 heavy (non-hydrogen) atoms. The zero-order valence-electron chi connectivity index (χ0n) is 18.3. The van der Waals surface area contributed by atoms with Crippen LogP contribution in [0.2, 0.25) is 0 Å². The lowest BCUT2D eigenvalue weighted by molar-refractivity contribution is -0.133. The maximum absolute atomic E-state index is 13.4. The van der Waals surface area contributed by atoms with E-state index in [9.17, 15) is 13.2 Å². The summed E-state index contributed by atoms with van der Waals surface area (Å²) in [5.41, 5.74) is 4.96. The normalized spacial score (nSPS) is 18.0. The largest absolute Gasteiger partial charge is 0.464 e. The summed E-state index contributed by atoms with van der Waals surface area (Å²) in [6, 6.07) is 13.8. The lowest BCUT2D eigenvalue weighted by Gasteiger charge is -2.28. The second-order valence-electron chi connectivity index (χ2n) is 8.91. The van der Waals surface area contributed by atoms with E-state index in [0.29, 0.717) is 18.9 Å². The van der Waals surface area contributed by atoms with Gasteiger partial charge in [-0.25, -0.2) is 8.42 Å². The molecule has 2 heterocycles. The van der Waals surface area contributed by atoms with E-state index in [-0.39, 0.29) is 29.9 Å². The highest BCUT2D eigenvalue weighted by Gasteiger charge is 2.34. The van der Waals surface area contributed by atoms with E-state index in [1.165, 1.54) is 5.56 Å². The quantitative estimate of drug-likeness (QED) is 0.562. The van der Waals surface area contributed by atoms with Gasteiger partial charge < -0.3 is 9.32 Å². The van der Waals surface area contributed by atoms with Crippen LogP contribution in [0.4, 0.5) is 0 Å². The number of furan rings is 1. The van der Waals surface area contributed by atoms with Gasteiger partial charge in [-0.1, -0.05) is 49.7 Å². The van der Waals surface area contributed by atoms with E-state index in [2.05, 4.69) is 26.0 Å². The molecule has 0 saturated carbocycles. The van der Waals surface area contributed by atoms with Gasteiger partial charge in [-0.3, -0.25) is 4.79 Å². The monoisotopic (exact) mass is 439 g/mol. The number of nitrogens with zero attached hydrogens (tertiary/aromatic N) is 1. The van der Waals surface area contributed by atoms with Crippen molar-refractivity contribution in [2.75, 3.05) is 11.5 Å². The first-order valence-electron chi connectivity index (χ1n) is 10.8. The van der Waals surface area contributed by atoms with Crippen molar-refractivity contribution in [3.63, 3.8) is 0 Å². The lowest BCUT2D eigenvalue weighted by Crippen LogP contribution is -2.41. The maximum atomic E-state index is 13.4. The van der Waals surface area contributed by atoms with Crippen LogP contribution in [-0.4, -0.2) is 36.8 Å². The SMILES string of the molecule is Cc1ccc(CN(C(=O)Cc2coc3ccc(C(C)C)cc23)[C@@H]2CCS(=O)(=O)C2)cc1. The molecule has 1 fully saturated rings. The highest BCUT2D eigenvalue weighted by molar-refractivity contribution is 7.91. The van der Waals surface area contributed by atoms with Crippen molar-refractivity contribution in [2.45, 2.75) is 52.1 Å². The second kappa shape index (κ2) is 8.50. The Morgan fingerprint density at radius 3 is 2.55 bits per heavy atom. The number of carbonyl (C=O) groups is 1. The first kappa shape index (κ1) is 21.6. The average Bonchev–Trinajstić information content (AvgIpc) is 3.29. The number of sulfone groups is 1. The van der Waals surface area contributed by atoms with Crippen molar-refractivity contribution in [3.05, 3.63) is 71.0 Å². The molecule has 0 radical (unpaired) electrons. The van der Waals surface area contributed by atoms with Crippen LogP contribution in [0.3, 0.4) is 0 Å². The standard InChI is InChI=1S/C25H29NO4S/c1-17(2)20-8-9-24-23(12-20)21(15-30-24)13-25(27)26(22-10-11-31(28,29)16-22)14-19-6-4-18(3)5-7-19/h4-9,12,15,17,22H,10-11,13-14,16H2,1-3H3/t22-/m1/s1. The molecule has 1 aliphatic heterocycles. The van der Waals surface area contributed by atoms with Crippen molar-refractivity contribution in [1.29, 1.82) is 0 Å². The number of rotatable bonds is 6. The van der Waals surface area contributed by atoms with Crippen molar-refractivity contribution < 1.29 is 17.6 Å². The molecule has 0 spiro atoms. The predicted molar refractivity (Wildman–Crippen MR) is 123 cm³/mol. The molecule has 3 aromatic rings. The van der Waals surface area contributed by atoms with Crippen LogP contribution in [0, 0.1) is 6.92 Å². The van der Waals surface area contributed by atoms with Gasteiger partial charge in [0.15, 0.2) is 9.84 Å². The Kier molecular flexibility index (Phi) is 5.93. The van der Waals surface area contributed by atoms with Gasteiger partial charge in [0, 0.05) is 23.5 Å². The Balaban J connectivity index is 1.62. The molecule has 164 valence electrons. The van der Waals surface area contributed by atoms with E-state index in [4.69, 9.17) is 4.42 Å². The van der Waals surface area contributed by atoms with Gasteiger partial charge in [-0.05, 0) is 42.5 Å². The summed E-state index contributed by atoms with van der Waals surface area (Å²) in [6.07, 6.45) is 2.34. The fourth-order valence-electron chi connectivity index (χ4n) is 4.19. The molecular formula is C25H29NO4S. The van der Waals surface area contributed by atoms with Crippen LogP contribution < -0.4 is 0 Å². The van der Waals surface area contributed by atoms with Gasteiger partial charge >= 0.3 is 0 Å². The van der Waals surface area contributed by atoms with Gasteiger partial charge in [-0.2, -0.15) is 0 Å². The smallest absolute Gasteiger partial charge is 0.227 e. The maximum Gasteiger partial charge on any atom is 0.227 e. The number of benzene rings is 2. The topological polar surface area (TPSA) is 67.6 Å². The van der Waals surface area contributed by atoms with Crippen LogP contribution in [0.25, 0.3) is 11.0 Å². The highest BCUT2D eigenvalue weighted by atomic mass is 32.2. The Hall–Kier alpha value is -2.60. The summed E-state index contributed by atoms with van der Waals surface area (Å²) < 4.78 is 29.9. The molecule has 4 rings (SSSR count). The third-order valence-electron chi connectivity index (χ3n) is 6.13. The van der Waals surface area contributed by atoms with Crippen LogP contribution in [-0.2, 0) is 27.6 Å². The molecule has 0 aliphatic carbocycles. The number of fused-ring (bicyclic) bond motifs is 1. The molecule has 0 unspecified atom stereocenters. The number of hydrogen-bond acceptors (Lipinski definition) is 4. The second-order valence-corrected chi connectivity index (χ2v) is 11.1. The summed E-state index contributed by atoms with van der Waals surface area (Å²) >= 11 is 0. The van der Waals surface area contributed by atoms with E-state index in [1.54, 1.807) is 11.2 Å². The molecule has 5 nitrogen and oxygen atoms in total. The van der Waals surface area contributed by atoms with Gasteiger partial charge in [0.05, 0.1) is 24.2 Å². The number of amides is 1. The lowest BCUT2D eigenvalue weighted by atomic mass is 9.99.